The molecule has 1 amide bonds. The molecule has 3 rings (SSSR count). The number of anilines is 1. The van der Waals surface area contributed by atoms with E-state index in [9.17, 15) is 25.0 Å². The van der Waals surface area contributed by atoms with Crippen LogP contribution in [0.15, 0.2) is 54.6 Å². The van der Waals surface area contributed by atoms with Gasteiger partial charge < -0.3 is 5.32 Å². The van der Waals surface area contributed by atoms with E-state index < -0.39 is 15.8 Å². The predicted octanol–water partition coefficient (Wildman–Crippen LogP) is 3.15. The first-order valence-corrected chi connectivity index (χ1v) is 7.30. The number of hydrogen-bond donors (Lipinski definition) is 2. The van der Waals surface area contributed by atoms with Gasteiger partial charge in [-0.3, -0.25) is 30.1 Å². The van der Waals surface area contributed by atoms with Crippen molar-refractivity contribution < 1.29 is 14.6 Å². The maximum absolute atomic E-state index is 12.2. The summed E-state index contributed by atoms with van der Waals surface area (Å²) in [5, 5.41) is 30.7. The van der Waals surface area contributed by atoms with Crippen LogP contribution in [0.25, 0.3) is 11.3 Å². The van der Waals surface area contributed by atoms with Gasteiger partial charge in [-0.05, 0) is 6.07 Å². The summed E-state index contributed by atoms with van der Waals surface area (Å²) in [4.78, 5) is 32.7. The van der Waals surface area contributed by atoms with Gasteiger partial charge in [-0.15, -0.1) is 0 Å². The summed E-state index contributed by atoms with van der Waals surface area (Å²) < 4.78 is 0. The number of nitrogens with one attached hydrogen (secondary N) is 2. The van der Waals surface area contributed by atoms with Crippen LogP contribution in [-0.2, 0) is 0 Å². The topological polar surface area (TPSA) is 144 Å². The van der Waals surface area contributed by atoms with Gasteiger partial charge in [-0.1, -0.05) is 18.2 Å². The Morgan fingerprint density at radius 2 is 1.62 bits per heavy atom. The van der Waals surface area contributed by atoms with Gasteiger partial charge in [0.25, 0.3) is 17.3 Å². The number of nitro benzene ring substituents is 2. The van der Waals surface area contributed by atoms with E-state index in [0.717, 1.165) is 6.07 Å². The van der Waals surface area contributed by atoms with Crippen molar-refractivity contribution in [3.8, 4) is 11.3 Å². The Morgan fingerprint density at radius 3 is 2.31 bits per heavy atom. The number of H-pyrrole nitrogens is 1. The van der Waals surface area contributed by atoms with Gasteiger partial charge in [0.1, 0.15) is 0 Å². The fourth-order valence-electron chi connectivity index (χ4n) is 2.27. The molecule has 130 valence electrons. The van der Waals surface area contributed by atoms with Crippen LogP contribution < -0.4 is 5.32 Å². The summed E-state index contributed by atoms with van der Waals surface area (Å²) >= 11 is 0. The molecule has 0 spiro atoms. The number of nitrogens with zero attached hydrogens (tertiary/aromatic N) is 3. The number of non-ortho nitro benzene ring substituents is 2. The summed E-state index contributed by atoms with van der Waals surface area (Å²) in [7, 11) is 0. The second-order valence-electron chi connectivity index (χ2n) is 5.24. The molecule has 10 nitrogen and oxygen atoms in total. The molecule has 0 saturated heterocycles. The molecule has 1 heterocycles. The van der Waals surface area contributed by atoms with Crippen molar-refractivity contribution in [1.82, 2.24) is 10.2 Å². The lowest BCUT2D eigenvalue weighted by Gasteiger charge is -2.01. The first-order chi connectivity index (χ1) is 12.4. The number of benzene rings is 2. The SMILES string of the molecule is O=C(Nc1cc(-c2cccc([N+](=O)[O-])c2)[nH]n1)c1cccc([N+](=O)[O-])c1. The molecule has 0 aliphatic heterocycles. The molecule has 0 fully saturated rings. The van der Waals surface area contributed by atoms with Crippen LogP contribution >= 0.6 is 0 Å². The van der Waals surface area contributed by atoms with E-state index in [-0.39, 0.29) is 22.8 Å². The highest BCUT2D eigenvalue weighted by molar-refractivity contribution is 6.04. The van der Waals surface area contributed by atoms with Crippen molar-refractivity contribution >= 4 is 23.1 Å². The van der Waals surface area contributed by atoms with Crippen LogP contribution in [0.2, 0.25) is 0 Å². The molecule has 0 saturated carbocycles. The summed E-state index contributed by atoms with van der Waals surface area (Å²) in [6.45, 7) is 0. The van der Waals surface area contributed by atoms with E-state index in [2.05, 4.69) is 15.5 Å². The number of aromatic amines is 1. The highest BCUT2D eigenvalue weighted by atomic mass is 16.6. The standard InChI is InChI=1S/C16H11N5O5/c22-16(11-4-2-6-13(8-11)21(25)26)17-15-9-14(18-19-15)10-3-1-5-12(7-10)20(23)24/h1-9H,(H2,17,18,19,22). The number of hydrogen-bond acceptors (Lipinski definition) is 6. The second-order valence-corrected chi connectivity index (χ2v) is 5.24. The molecule has 2 N–H and O–H groups in total. The molecule has 26 heavy (non-hydrogen) atoms. The summed E-state index contributed by atoms with van der Waals surface area (Å²) in [6.07, 6.45) is 0. The van der Waals surface area contributed by atoms with E-state index in [1.165, 1.54) is 42.5 Å². The third kappa shape index (κ3) is 3.53. The zero-order chi connectivity index (χ0) is 18.7. The van der Waals surface area contributed by atoms with Gasteiger partial charge in [0.2, 0.25) is 0 Å². The highest BCUT2D eigenvalue weighted by Crippen LogP contribution is 2.24. The first-order valence-electron chi connectivity index (χ1n) is 7.30. The molecule has 0 aliphatic carbocycles. The molecular weight excluding hydrogens is 342 g/mol. The molecule has 0 atom stereocenters. The van der Waals surface area contributed by atoms with Crippen LogP contribution in [0.4, 0.5) is 17.2 Å². The quantitative estimate of drug-likeness (QED) is 0.532. The Kier molecular flexibility index (Phi) is 4.39. The largest absolute Gasteiger partial charge is 0.305 e. The number of rotatable bonds is 5. The minimum atomic E-state index is -0.592. The fourth-order valence-corrected chi connectivity index (χ4v) is 2.27. The highest BCUT2D eigenvalue weighted by Gasteiger charge is 2.14. The van der Waals surface area contributed by atoms with Crippen LogP contribution in [-0.4, -0.2) is 26.0 Å². The number of nitro groups is 2. The van der Waals surface area contributed by atoms with Crippen molar-refractivity contribution in [2.24, 2.45) is 0 Å². The lowest BCUT2D eigenvalue weighted by molar-refractivity contribution is -0.385. The lowest BCUT2D eigenvalue weighted by atomic mass is 10.1. The number of carbonyl (C=O) groups is 1. The van der Waals surface area contributed by atoms with E-state index in [1.807, 2.05) is 0 Å². The number of amides is 1. The molecule has 1 aromatic heterocycles. The third-order valence-electron chi connectivity index (χ3n) is 3.51. The molecule has 0 unspecified atom stereocenters. The number of aromatic nitrogens is 2. The van der Waals surface area contributed by atoms with Crippen LogP contribution in [0.1, 0.15) is 10.4 Å². The molecule has 10 heteroatoms. The first kappa shape index (κ1) is 16.8. The predicted molar refractivity (Wildman–Crippen MR) is 91.7 cm³/mol. The molecule has 2 aromatic carbocycles. The Bertz CT molecular complexity index is 1010. The third-order valence-corrected chi connectivity index (χ3v) is 3.51. The van der Waals surface area contributed by atoms with Gasteiger partial charge >= 0.3 is 0 Å². The van der Waals surface area contributed by atoms with Crippen LogP contribution in [0.5, 0.6) is 0 Å². The Balaban J connectivity index is 1.79. The van der Waals surface area contributed by atoms with Crippen molar-refractivity contribution in [2.45, 2.75) is 0 Å². The van der Waals surface area contributed by atoms with Gasteiger partial charge in [-0.25, -0.2) is 0 Å². The average molecular weight is 353 g/mol. The minimum absolute atomic E-state index is 0.0701. The van der Waals surface area contributed by atoms with Crippen molar-refractivity contribution in [3.63, 3.8) is 0 Å². The normalized spacial score (nSPS) is 10.3. The smallest absolute Gasteiger partial charge is 0.270 e. The average Bonchev–Trinajstić information content (AvgIpc) is 3.10. The molecule has 0 radical (unpaired) electrons. The second kappa shape index (κ2) is 6.81. The van der Waals surface area contributed by atoms with Gasteiger partial charge in [0.15, 0.2) is 5.82 Å². The van der Waals surface area contributed by atoms with E-state index in [0.29, 0.717) is 11.3 Å². The van der Waals surface area contributed by atoms with Crippen molar-refractivity contribution in [1.29, 1.82) is 0 Å². The maximum Gasteiger partial charge on any atom is 0.270 e. The van der Waals surface area contributed by atoms with Crippen molar-refractivity contribution in [3.05, 3.63) is 80.4 Å². The fraction of sp³-hybridized carbons (Fsp3) is 0. The van der Waals surface area contributed by atoms with Crippen LogP contribution in [0.3, 0.4) is 0 Å². The monoisotopic (exact) mass is 353 g/mol. The Labute approximate surface area is 145 Å². The summed E-state index contributed by atoms with van der Waals surface area (Å²) in [5.74, 6) is -0.381. The molecule has 3 aromatic rings. The number of carbonyl (C=O) groups excluding carboxylic acids is 1. The van der Waals surface area contributed by atoms with E-state index in [1.54, 1.807) is 6.07 Å². The molecular formula is C16H11N5O5. The molecule has 0 aliphatic rings. The van der Waals surface area contributed by atoms with E-state index in [4.69, 9.17) is 0 Å². The summed E-state index contributed by atoms with van der Waals surface area (Å²) in [6, 6.07) is 12.7. The van der Waals surface area contributed by atoms with Gasteiger partial charge in [0.05, 0.1) is 15.5 Å². The Hall–Kier alpha value is -4.08. The zero-order valence-electron chi connectivity index (χ0n) is 13.1. The summed E-state index contributed by atoms with van der Waals surface area (Å²) in [5.41, 5.74) is 0.848. The molecule has 0 bridgehead atoms. The lowest BCUT2D eigenvalue weighted by Crippen LogP contribution is -2.12. The van der Waals surface area contributed by atoms with Crippen LogP contribution in [0, 0.1) is 20.2 Å². The van der Waals surface area contributed by atoms with Gasteiger partial charge in [0, 0.05) is 41.5 Å². The van der Waals surface area contributed by atoms with E-state index >= 15 is 0 Å². The zero-order valence-corrected chi connectivity index (χ0v) is 13.1. The minimum Gasteiger partial charge on any atom is -0.305 e. The Morgan fingerprint density at radius 1 is 0.962 bits per heavy atom. The van der Waals surface area contributed by atoms with Gasteiger partial charge in [-0.2, -0.15) is 5.10 Å². The maximum atomic E-state index is 12.2. The van der Waals surface area contributed by atoms with Crippen molar-refractivity contribution in [2.75, 3.05) is 5.32 Å².